The minimum atomic E-state index is 0.680. The van der Waals surface area contributed by atoms with Crippen LogP contribution in [0, 0.1) is 11.8 Å². The molecule has 1 N–H and O–H groups in total. The highest BCUT2D eigenvalue weighted by molar-refractivity contribution is 4.86. The van der Waals surface area contributed by atoms with Crippen LogP contribution in [0.4, 0.5) is 0 Å². The number of hydrogen-bond acceptors (Lipinski definition) is 2. The predicted molar refractivity (Wildman–Crippen MR) is 78.9 cm³/mol. The van der Waals surface area contributed by atoms with E-state index in [0.29, 0.717) is 6.04 Å². The van der Waals surface area contributed by atoms with Crippen LogP contribution in [-0.2, 0) is 0 Å². The van der Waals surface area contributed by atoms with Gasteiger partial charge in [0.1, 0.15) is 0 Å². The van der Waals surface area contributed by atoms with Crippen molar-refractivity contribution in [2.45, 2.75) is 70.9 Å². The van der Waals surface area contributed by atoms with E-state index < -0.39 is 0 Å². The van der Waals surface area contributed by atoms with Gasteiger partial charge in [0.05, 0.1) is 0 Å². The van der Waals surface area contributed by atoms with Gasteiger partial charge in [-0.15, -0.1) is 0 Å². The SMILES string of the molecule is CCC1CCC(N2CCCC(C(C)NC)C2)CC1. The first-order valence-electron chi connectivity index (χ1n) is 8.15. The Labute approximate surface area is 114 Å². The molecular formula is C16H32N2. The molecule has 0 aromatic carbocycles. The van der Waals surface area contributed by atoms with Crippen molar-refractivity contribution >= 4 is 0 Å². The predicted octanol–water partition coefficient (Wildman–Crippen LogP) is 3.28. The Balaban J connectivity index is 1.82. The van der Waals surface area contributed by atoms with Gasteiger partial charge in [-0.3, -0.25) is 0 Å². The van der Waals surface area contributed by atoms with Gasteiger partial charge in [-0.25, -0.2) is 0 Å². The molecule has 2 unspecified atom stereocenters. The molecule has 0 bridgehead atoms. The summed E-state index contributed by atoms with van der Waals surface area (Å²) in [4.78, 5) is 2.81. The largest absolute Gasteiger partial charge is 0.317 e. The monoisotopic (exact) mass is 252 g/mol. The van der Waals surface area contributed by atoms with Crippen molar-refractivity contribution in [2.24, 2.45) is 11.8 Å². The molecule has 2 nitrogen and oxygen atoms in total. The first kappa shape index (κ1) is 14.3. The third-order valence-electron chi connectivity index (χ3n) is 5.56. The van der Waals surface area contributed by atoms with Crippen molar-refractivity contribution in [2.75, 3.05) is 20.1 Å². The van der Waals surface area contributed by atoms with Crippen molar-refractivity contribution in [3.8, 4) is 0 Å². The van der Waals surface area contributed by atoms with Crippen LogP contribution in [0.1, 0.15) is 58.8 Å². The molecule has 2 aliphatic rings. The van der Waals surface area contributed by atoms with Gasteiger partial charge in [0.25, 0.3) is 0 Å². The molecule has 0 radical (unpaired) electrons. The highest BCUT2D eigenvalue weighted by Gasteiger charge is 2.30. The van der Waals surface area contributed by atoms with Crippen LogP contribution in [-0.4, -0.2) is 37.1 Å². The summed E-state index contributed by atoms with van der Waals surface area (Å²) in [5, 5.41) is 3.45. The Bertz CT molecular complexity index is 233. The first-order chi connectivity index (χ1) is 8.74. The van der Waals surface area contributed by atoms with Gasteiger partial charge >= 0.3 is 0 Å². The Hall–Kier alpha value is -0.0800. The summed E-state index contributed by atoms with van der Waals surface area (Å²) in [7, 11) is 2.11. The molecule has 0 aromatic rings. The first-order valence-corrected chi connectivity index (χ1v) is 8.15. The summed E-state index contributed by atoms with van der Waals surface area (Å²) in [6, 6.07) is 1.58. The molecule has 106 valence electrons. The summed E-state index contributed by atoms with van der Waals surface area (Å²) in [5.74, 6) is 1.89. The van der Waals surface area contributed by atoms with Gasteiger partial charge in [-0.1, -0.05) is 13.3 Å². The van der Waals surface area contributed by atoms with E-state index in [0.717, 1.165) is 17.9 Å². The molecule has 1 aliphatic heterocycles. The highest BCUT2D eigenvalue weighted by Crippen LogP contribution is 2.32. The smallest absolute Gasteiger partial charge is 0.00955 e. The second-order valence-corrected chi connectivity index (χ2v) is 6.56. The summed E-state index contributed by atoms with van der Waals surface area (Å²) in [6.45, 7) is 7.40. The van der Waals surface area contributed by atoms with Crippen molar-refractivity contribution in [1.82, 2.24) is 10.2 Å². The molecule has 0 spiro atoms. The van der Waals surface area contributed by atoms with Gasteiger partial charge < -0.3 is 10.2 Å². The summed E-state index contributed by atoms with van der Waals surface area (Å²) in [5.41, 5.74) is 0. The normalized spacial score (nSPS) is 36.5. The molecule has 0 aromatic heterocycles. The zero-order valence-corrected chi connectivity index (χ0v) is 12.6. The molecule has 2 heteroatoms. The Morgan fingerprint density at radius 2 is 1.89 bits per heavy atom. The number of nitrogens with one attached hydrogen (secondary N) is 1. The van der Waals surface area contributed by atoms with Gasteiger partial charge in [0, 0.05) is 18.6 Å². The van der Waals surface area contributed by atoms with Gasteiger partial charge in [0.15, 0.2) is 0 Å². The maximum atomic E-state index is 3.45. The van der Waals surface area contributed by atoms with Gasteiger partial charge in [0.2, 0.25) is 0 Å². The van der Waals surface area contributed by atoms with E-state index in [1.165, 1.54) is 58.0 Å². The molecule has 18 heavy (non-hydrogen) atoms. The van der Waals surface area contributed by atoms with E-state index in [1.54, 1.807) is 0 Å². The number of rotatable bonds is 4. The van der Waals surface area contributed by atoms with Crippen LogP contribution in [0.5, 0.6) is 0 Å². The second kappa shape index (κ2) is 6.91. The van der Waals surface area contributed by atoms with E-state index in [-0.39, 0.29) is 0 Å². The standard InChI is InChI=1S/C16H32N2/c1-4-14-7-9-16(10-8-14)18-11-5-6-15(12-18)13(2)17-3/h13-17H,4-12H2,1-3H3. The maximum Gasteiger partial charge on any atom is 0.00955 e. The minimum Gasteiger partial charge on any atom is -0.317 e. The van der Waals surface area contributed by atoms with Crippen molar-refractivity contribution in [3.05, 3.63) is 0 Å². The summed E-state index contributed by atoms with van der Waals surface area (Å²) < 4.78 is 0. The van der Waals surface area contributed by atoms with E-state index in [9.17, 15) is 0 Å². The maximum absolute atomic E-state index is 3.45. The molecule has 1 saturated heterocycles. The zero-order chi connectivity index (χ0) is 13.0. The molecule has 0 amide bonds. The topological polar surface area (TPSA) is 15.3 Å². The molecule has 2 atom stereocenters. The lowest BCUT2D eigenvalue weighted by molar-refractivity contribution is 0.0769. The lowest BCUT2D eigenvalue weighted by atomic mass is 9.82. The molecule has 1 aliphatic carbocycles. The van der Waals surface area contributed by atoms with Crippen LogP contribution in [0.25, 0.3) is 0 Å². The summed E-state index contributed by atoms with van der Waals surface area (Å²) >= 11 is 0. The van der Waals surface area contributed by atoms with Crippen LogP contribution in [0.3, 0.4) is 0 Å². The molecular weight excluding hydrogens is 220 g/mol. The van der Waals surface area contributed by atoms with Crippen LogP contribution < -0.4 is 5.32 Å². The number of nitrogens with zero attached hydrogens (tertiary/aromatic N) is 1. The number of hydrogen-bond donors (Lipinski definition) is 1. The van der Waals surface area contributed by atoms with E-state index in [2.05, 4.69) is 31.1 Å². The number of likely N-dealkylation sites (tertiary alicyclic amines) is 1. The third kappa shape index (κ3) is 3.48. The van der Waals surface area contributed by atoms with Crippen LogP contribution in [0.15, 0.2) is 0 Å². The van der Waals surface area contributed by atoms with E-state index >= 15 is 0 Å². The van der Waals surface area contributed by atoms with E-state index in [4.69, 9.17) is 0 Å². The summed E-state index contributed by atoms with van der Waals surface area (Å²) in [6.07, 6.45) is 10.1. The average molecular weight is 252 g/mol. The van der Waals surface area contributed by atoms with Crippen molar-refractivity contribution in [3.63, 3.8) is 0 Å². The van der Waals surface area contributed by atoms with Crippen molar-refractivity contribution < 1.29 is 0 Å². The number of piperidine rings is 1. The fraction of sp³-hybridized carbons (Fsp3) is 1.00. The molecule has 2 fully saturated rings. The van der Waals surface area contributed by atoms with Crippen LogP contribution in [0.2, 0.25) is 0 Å². The fourth-order valence-corrected chi connectivity index (χ4v) is 3.93. The van der Waals surface area contributed by atoms with Crippen molar-refractivity contribution in [1.29, 1.82) is 0 Å². The molecule has 1 saturated carbocycles. The van der Waals surface area contributed by atoms with Gasteiger partial charge in [-0.05, 0) is 70.9 Å². The lowest BCUT2D eigenvalue weighted by Gasteiger charge is -2.42. The molecule has 1 heterocycles. The third-order valence-corrected chi connectivity index (χ3v) is 5.56. The molecule has 2 rings (SSSR count). The lowest BCUT2D eigenvalue weighted by Crippen LogP contribution is -2.48. The Kier molecular flexibility index (Phi) is 5.50. The Morgan fingerprint density at radius 3 is 2.50 bits per heavy atom. The van der Waals surface area contributed by atoms with Gasteiger partial charge in [-0.2, -0.15) is 0 Å². The zero-order valence-electron chi connectivity index (χ0n) is 12.6. The van der Waals surface area contributed by atoms with Crippen LogP contribution >= 0.6 is 0 Å². The second-order valence-electron chi connectivity index (χ2n) is 6.56. The Morgan fingerprint density at radius 1 is 1.17 bits per heavy atom. The minimum absolute atomic E-state index is 0.680. The highest BCUT2D eigenvalue weighted by atomic mass is 15.2. The van der Waals surface area contributed by atoms with E-state index in [1.807, 2.05) is 0 Å². The fourth-order valence-electron chi connectivity index (χ4n) is 3.93. The average Bonchev–Trinajstić information content (AvgIpc) is 2.46. The quantitative estimate of drug-likeness (QED) is 0.826.